The van der Waals surface area contributed by atoms with Gasteiger partial charge in [0.2, 0.25) is 5.95 Å². The van der Waals surface area contributed by atoms with E-state index in [2.05, 4.69) is 9.88 Å². The van der Waals surface area contributed by atoms with Crippen molar-refractivity contribution in [2.45, 2.75) is 17.6 Å². The van der Waals surface area contributed by atoms with Gasteiger partial charge in [0.25, 0.3) is 10.0 Å². The lowest BCUT2D eigenvalue weighted by Crippen LogP contribution is -2.33. The Labute approximate surface area is 271 Å². The molecule has 1 aromatic heterocycles. The van der Waals surface area contributed by atoms with Crippen molar-refractivity contribution in [2.75, 3.05) is 56.7 Å². The zero-order chi connectivity index (χ0) is 34.8. The Balaban J connectivity index is 0.000000644. The predicted octanol–water partition coefficient (Wildman–Crippen LogP) is 5.20. The number of nitrogens with zero attached hydrogens (tertiary/aromatic N) is 4. The number of hydrogen-bond acceptors (Lipinski definition) is 8. The number of aliphatic carboxylic acids is 1. The first-order valence-electron chi connectivity index (χ1n) is 13.7. The van der Waals surface area contributed by atoms with Crippen molar-refractivity contribution in [2.24, 2.45) is 11.8 Å². The monoisotopic (exact) mass is 710 g/mol. The van der Waals surface area contributed by atoms with Gasteiger partial charge in [0.15, 0.2) is 10.7 Å². The van der Waals surface area contributed by atoms with Crippen LogP contribution in [-0.4, -0.2) is 83.0 Å². The summed E-state index contributed by atoms with van der Waals surface area (Å²) in [5.74, 6) is -5.51. The molecule has 47 heavy (non-hydrogen) atoms. The van der Waals surface area contributed by atoms with E-state index in [1.54, 1.807) is 11.0 Å². The Morgan fingerprint density at radius 1 is 1.04 bits per heavy atom. The molecule has 2 saturated heterocycles. The second-order valence-corrected chi connectivity index (χ2v) is 13.0. The number of pyridine rings is 1. The molecule has 10 nitrogen and oxygen atoms in total. The SMILES string of the molecule is COc1ccc(CN(c2cccc(F)n2)S(=O)(=O)c2c(F)cc(N3CC4CN(C)CC4C3)c(Cl)c2F)c(OC)c1.O=C(O)C(F)(F)F. The maximum absolute atomic E-state index is 15.8. The molecule has 0 spiro atoms. The van der Waals surface area contributed by atoms with Gasteiger partial charge in [-0.1, -0.05) is 17.7 Å². The summed E-state index contributed by atoms with van der Waals surface area (Å²) in [5.41, 5.74) is 0.412. The molecule has 0 saturated carbocycles. The number of methoxy groups -OCH3 is 2. The molecule has 2 aliphatic heterocycles. The average molecular weight is 711 g/mol. The number of benzene rings is 2. The summed E-state index contributed by atoms with van der Waals surface area (Å²) in [4.78, 5) is 15.3. The van der Waals surface area contributed by atoms with Crippen LogP contribution >= 0.6 is 11.6 Å². The van der Waals surface area contributed by atoms with Crippen LogP contribution < -0.4 is 18.7 Å². The van der Waals surface area contributed by atoms with E-state index < -0.39 is 56.2 Å². The van der Waals surface area contributed by atoms with Gasteiger partial charge >= 0.3 is 12.1 Å². The average Bonchev–Trinajstić information content (AvgIpc) is 3.54. The molecule has 3 heterocycles. The topological polar surface area (TPSA) is 113 Å². The molecular formula is C29H29ClF6N4O6S. The summed E-state index contributed by atoms with van der Waals surface area (Å²) in [6.07, 6.45) is -5.08. The summed E-state index contributed by atoms with van der Waals surface area (Å²) in [7, 11) is -0.148. The van der Waals surface area contributed by atoms with E-state index in [9.17, 15) is 26.0 Å². The van der Waals surface area contributed by atoms with Crippen LogP contribution in [0, 0.1) is 29.4 Å². The third-order valence-corrected chi connectivity index (χ3v) is 9.81. The maximum Gasteiger partial charge on any atom is 0.490 e. The molecule has 18 heteroatoms. The Morgan fingerprint density at radius 2 is 1.66 bits per heavy atom. The van der Waals surface area contributed by atoms with Crippen LogP contribution in [0.15, 0.2) is 47.4 Å². The third-order valence-electron chi connectivity index (χ3n) is 7.66. The molecule has 2 fully saturated rings. The fraction of sp³-hybridized carbons (Fsp3) is 0.379. The highest BCUT2D eigenvalue weighted by molar-refractivity contribution is 7.92. The molecule has 5 rings (SSSR count). The van der Waals surface area contributed by atoms with Crippen LogP contribution in [-0.2, 0) is 21.4 Å². The first kappa shape index (κ1) is 35.9. The van der Waals surface area contributed by atoms with Gasteiger partial charge in [-0.3, -0.25) is 0 Å². The minimum Gasteiger partial charge on any atom is -0.497 e. The summed E-state index contributed by atoms with van der Waals surface area (Å²) in [5, 5.41) is 6.63. The van der Waals surface area contributed by atoms with Crippen molar-refractivity contribution in [3.8, 4) is 11.5 Å². The number of alkyl halides is 3. The maximum atomic E-state index is 15.8. The first-order chi connectivity index (χ1) is 22.0. The number of ether oxygens (including phenoxy) is 2. The highest BCUT2D eigenvalue weighted by atomic mass is 35.5. The molecule has 0 aliphatic carbocycles. The van der Waals surface area contributed by atoms with Crippen LogP contribution in [0.3, 0.4) is 0 Å². The van der Waals surface area contributed by atoms with E-state index >= 15 is 8.78 Å². The molecule has 0 radical (unpaired) electrons. The molecule has 0 bridgehead atoms. The lowest BCUT2D eigenvalue weighted by Gasteiger charge is -2.27. The molecule has 2 aromatic carbocycles. The van der Waals surface area contributed by atoms with Gasteiger partial charge in [-0.25, -0.2) is 31.3 Å². The van der Waals surface area contributed by atoms with Crippen molar-refractivity contribution in [1.82, 2.24) is 9.88 Å². The minimum absolute atomic E-state index is 0.0972. The van der Waals surface area contributed by atoms with Gasteiger partial charge < -0.3 is 24.4 Å². The minimum atomic E-state index is -5.08. The van der Waals surface area contributed by atoms with Crippen LogP contribution in [0.2, 0.25) is 5.02 Å². The largest absolute Gasteiger partial charge is 0.497 e. The van der Waals surface area contributed by atoms with Crippen LogP contribution in [0.1, 0.15) is 5.56 Å². The van der Waals surface area contributed by atoms with Gasteiger partial charge in [0, 0.05) is 43.9 Å². The van der Waals surface area contributed by atoms with Crippen LogP contribution in [0.4, 0.5) is 37.8 Å². The number of likely N-dealkylation sites (tertiary alicyclic amines) is 1. The Hall–Kier alpha value is -3.96. The Morgan fingerprint density at radius 3 is 2.19 bits per heavy atom. The smallest absolute Gasteiger partial charge is 0.490 e. The van der Waals surface area contributed by atoms with E-state index in [4.69, 9.17) is 31.0 Å². The van der Waals surface area contributed by atoms with Crippen molar-refractivity contribution in [3.63, 3.8) is 0 Å². The number of hydrogen-bond donors (Lipinski definition) is 1. The normalized spacial score (nSPS) is 18.0. The summed E-state index contributed by atoms with van der Waals surface area (Å²) >= 11 is 6.37. The van der Waals surface area contributed by atoms with Crippen LogP contribution in [0.5, 0.6) is 11.5 Å². The Kier molecular flexibility index (Phi) is 10.7. The molecule has 3 aromatic rings. The summed E-state index contributed by atoms with van der Waals surface area (Å²) in [6, 6.07) is 9.07. The second kappa shape index (κ2) is 14.0. The van der Waals surface area contributed by atoms with E-state index in [-0.39, 0.29) is 17.3 Å². The molecule has 2 atom stereocenters. The van der Waals surface area contributed by atoms with Crippen molar-refractivity contribution in [1.29, 1.82) is 0 Å². The zero-order valence-electron chi connectivity index (χ0n) is 25.1. The van der Waals surface area contributed by atoms with E-state index in [0.717, 1.165) is 25.2 Å². The molecular weight excluding hydrogens is 682 g/mol. The lowest BCUT2D eigenvalue weighted by atomic mass is 10.0. The number of carboxylic acid groups (broad SMARTS) is 1. The summed E-state index contributed by atoms with van der Waals surface area (Å²) < 4.78 is 116. The molecule has 256 valence electrons. The number of aromatic nitrogens is 1. The quantitative estimate of drug-likeness (QED) is 0.192. The van der Waals surface area contributed by atoms with E-state index in [1.807, 2.05) is 7.05 Å². The van der Waals surface area contributed by atoms with E-state index in [0.29, 0.717) is 40.5 Å². The van der Waals surface area contributed by atoms with Gasteiger partial charge in [-0.05, 0) is 43.1 Å². The molecule has 2 aliphatic rings. The number of fused-ring (bicyclic) bond motifs is 1. The molecule has 2 unspecified atom stereocenters. The number of rotatable bonds is 8. The number of carbonyl (C=O) groups is 1. The fourth-order valence-corrected chi connectivity index (χ4v) is 7.37. The van der Waals surface area contributed by atoms with Gasteiger partial charge in [0.1, 0.15) is 28.2 Å². The molecule has 1 N–H and O–H groups in total. The van der Waals surface area contributed by atoms with Gasteiger partial charge in [0.05, 0.1) is 26.5 Å². The van der Waals surface area contributed by atoms with Crippen molar-refractivity contribution in [3.05, 3.63) is 70.6 Å². The number of halogens is 7. The van der Waals surface area contributed by atoms with Gasteiger partial charge in [-0.2, -0.15) is 17.6 Å². The number of carboxylic acids is 1. The first-order valence-corrected chi connectivity index (χ1v) is 15.6. The second-order valence-electron chi connectivity index (χ2n) is 10.8. The Bertz CT molecular complexity index is 1730. The summed E-state index contributed by atoms with van der Waals surface area (Å²) in [6.45, 7) is 2.35. The number of sulfonamides is 1. The number of anilines is 2. The fourth-order valence-electron chi connectivity index (χ4n) is 5.53. The van der Waals surface area contributed by atoms with Crippen molar-refractivity contribution < 1.29 is 54.1 Å². The van der Waals surface area contributed by atoms with Gasteiger partial charge in [-0.15, -0.1) is 0 Å². The standard InChI is InChI=1S/C27H28ClF3N4O4S.C2HF3O2/c1-33-11-17-13-34(14-18(17)12-33)21-10-20(29)27(26(31)25(21)28)40(36,37)35(24-6-4-5-23(30)32-24)15-16-7-8-19(38-2)9-22(16)39-3;3-2(4,5)1(6)7/h4-10,17-18H,11-15H2,1-3H3;(H,6,7). The molecule has 0 amide bonds. The highest BCUT2D eigenvalue weighted by Crippen LogP contribution is 2.41. The van der Waals surface area contributed by atoms with Crippen molar-refractivity contribution >= 4 is 39.1 Å². The van der Waals surface area contributed by atoms with E-state index in [1.165, 1.54) is 38.5 Å². The predicted molar refractivity (Wildman–Crippen MR) is 159 cm³/mol. The lowest BCUT2D eigenvalue weighted by molar-refractivity contribution is -0.192. The zero-order valence-corrected chi connectivity index (χ0v) is 26.6. The van der Waals surface area contributed by atoms with Crippen LogP contribution in [0.25, 0.3) is 0 Å². The highest BCUT2D eigenvalue weighted by Gasteiger charge is 2.41. The third kappa shape index (κ3) is 7.79.